The molecule has 0 aliphatic carbocycles. The topological polar surface area (TPSA) is 75.9 Å². The zero-order chi connectivity index (χ0) is 16.2. The Kier molecular flexibility index (Phi) is 4.27. The normalized spacial score (nSPS) is 14.7. The van der Waals surface area contributed by atoms with Crippen molar-refractivity contribution in [3.05, 3.63) is 48.0 Å². The number of methoxy groups -OCH3 is 1. The smallest absolute Gasteiger partial charge is 0.289 e. The summed E-state index contributed by atoms with van der Waals surface area (Å²) in [6, 6.07) is 6.60. The average molecular weight is 315 g/mol. The number of carbonyl (C=O) groups is 2. The van der Waals surface area contributed by atoms with E-state index in [1.807, 2.05) is 0 Å². The number of carbonyl (C=O) groups excluding carboxylic acids is 2. The molecule has 3 heterocycles. The molecule has 0 N–H and O–H groups in total. The number of aromatic nitrogens is 1. The first kappa shape index (κ1) is 15.1. The van der Waals surface area contributed by atoms with Gasteiger partial charge in [0.1, 0.15) is 0 Å². The Bertz CT molecular complexity index is 691. The van der Waals surface area contributed by atoms with Crippen LogP contribution in [0.25, 0.3) is 0 Å². The molecule has 7 heteroatoms. The molecule has 0 bridgehead atoms. The second-order valence-corrected chi connectivity index (χ2v) is 5.15. The third-order valence-corrected chi connectivity index (χ3v) is 3.78. The van der Waals surface area contributed by atoms with E-state index in [0.717, 1.165) is 0 Å². The van der Waals surface area contributed by atoms with Crippen molar-refractivity contribution in [1.82, 2.24) is 14.8 Å². The minimum absolute atomic E-state index is 0.0872. The Morgan fingerprint density at radius 3 is 2.43 bits per heavy atom. The third kappa shape index (κ3) is 3.18. The molecule has 0 unspecified atom stereocenters. The van der Waals surface area contributed by atoms with Gasteiger partial charge in [-0.25, -0.2) is 4.98 Å². The van der Waals surface area contributed by atoms with E-state index in [4.69, 9.17) is 9.15 Å². The minimum Gasteiger partial charge on any atom is -0.481 e. The average Bonchev–Trinajstić information content (AvgIpc) is 3.15. The van der Waals surface area contributed by atoms with Gasteiger partial charge in [0, 0.05) is 44.0 Å². The molecule has 120 valence electrons. The van der Waals surface area contributed by atoms with E-state index in [1.54, 1.807) is 40.3 Å². The molecule has 2 aromatic heterocycles. The fourth-order valence-corrected chi connectivity index (χ4v) is 2.51. The van der Waals surface area contributed by atoms with Crippen molar-refractivity contribution in [2.75, 3.05) is 33.3 Å². The Morgan fingerprint density at radius 2 is 1.83 bits per heavy atom. The fourth-order valence-electron chi connectivity index (χ4n) is 2.51. The van der Waals surface area contributed by atoms with E-state index in [1.165, 1.54) is 13.4 Å². The summed E-state index contributed by atoms with van der Waals surface area (Å²) in [5, 5.41) is 0. The highest BCUT2D eigenvalue weighted by atomic mass is 16.5. The third-order valence-electron chi connectivity index (χ3n) is 3.78. The molecule has 0 atom stereocenters. The molecule has 1 aliphatic rings. The highest BCUT2D eigenvalue weighted by Crippen LogP contribution is 2.14. The van der Waals surface area contributed by atoms with E-state index in [2.05, 4.69) is 4.98 Å². The molecule has 7 nitrogen and oxygen atoms in total. The summed E-state index contributed by atoms with van der Waals surface area (Å²) in [5.41, 5.74) is 0.530. The lowest BCUT2D eigenvalue weighted by Gasteiger charge is -2.34. The maximum Gasteiger partial charge on any atom is 0.289 e. The van der Waals surface area contributed by atoms with Crippen molar-refractivity contribution in [1.29, 1.82) is 0 Å². The fraction of sp³-hybridized carbons (Fsp3) is 0.312. The maximum absolute atomic E-state index is 12.5. The van der Waals surface area contributed by atoms with Crippen molar-refractivity contribution in [2.24, 2.45) is 0 Å². The summed E-state index contributed by atoms with van der Waals surface area (Å²) >= 11 is 0. The molecule has 0 aromatic carbocycles. The second-order valence-electron chi connectivity index (χ2n) is 5.15. The van der Waals surface area contributed by atoms with Crippen LogP contribution < -0.4 is 4.74 Å². The molecular formula is C16H17N3O4. The molecule has 0 spiro atoms. The minimum atomic E-state index is -0.146. The number of nitrogens with zero attached hydrogens (tertiary/aromatic N) is 3. The van der Waals surface area contributed by atoms with E-state index in [-0.39, 0.29) is 11.8 Å². The van der Waals surface area contributed by atoms with Gasteiger partial charge in [0.25, 0.3) is 11.8 Å². The molecule has 1 fully saturated rings. The van der Waals surface area contributed by atoms with Crippen LogP contribution in [-0.2, 0) is 0 Å². The lowest BCUT2D eigenvalue weighted by molar-refractivity contribution is 0.0518. The summed E-state index contributed by atoms with van der Waals surface area (Å²) in [7, 11) is 1.51. The molecule has 2 aromatic rings. The van der Waals surface area contributed by atoms with Gasteiger partial charge in [-0.2, -0.15) is 0 Å². The quantitative estimate of drug-likeness (QED) is 0.853. The predicted molar refractivity (Wildman–Crippen MR) is 81.3 cm³/mol. The van der Waals surface area contributed by atoms with Gasteiger partial charge in [-0.1, -0.05) is 0 Å². The number of hydrogen-bond donors (Lipinski definition) is 0. The van der Waals surface area contributed by atoms with Gasteiger partial charge < -0.3 is 19.0 Å². The van der Waals surface area contributed by atoms with Crippen molar-refractivity contribution in [2.45, 2.75) is 0 Å². The number of piperazine rings is 1. The van der Waals surface area contributed by atoms with Crippen LogP contribution in [0.2, 0.25) is 0 Å². The van der Waals surface area contributed by atoms with Gasteiger partial charge in [-0.05, 0) is 18.2 Å². The van der Waals surface area contributed by atoms with Crippen LogP contribution in [0.15, 0.2) is 41.1 Å². The van der Waals surface area contributed by atoms with Crippen LogP contribution in [0.5, 0.6) is 5.88 Å². The van der Waals surface area contributed by atoms with E-state index in [9.17, 15) is 9.59 Å². The standard InChI is InChI=1S/C16H17N3O4/c1-22-14-11-12(4-5-17-14)15(20)18-6-8-19(9-7-18)16(21)13-3-2-10-23-13/h2-5,10-11H,6-9H2,1H3. The largest absolute Gasteiger partial charge is 0.481 e. The summed E-state index contributed by atoms with van der Waals surface area (Å²) in [6.07, 6.45) is 3.02. The van der Waals surface area contributed by atoms with Crippen LogP contribution in [0.3, 0.4) is 0 Å². The number of pyridine rings is 1. The van der Waals surface area contributed by atoms with Crippen LogP contribution >= 0.6 is 0 Å². The van der Waals surface area contributed by atoms with E-state index < -0.39 is 0 Å². The van der Waals surface area contributed by atoms with Gasteiger partial charge in [-0.15, -0.1) is 0 Å². The number of ether oxygens (including phenoxy) is 1. The number of rotatable bonds is 3. The predicted octanol–water partition coefficient (Wildman–Crippen LogP) is 1.28. The molecular weight excluding hydrogens is 298 g/mol. The highest BCUT2D eigenvalue weighted by Gasteiger charge is 2.26. The lowest BCUT2D eigenvalue weighted by atomic mass is 10.2. The van der Waals surface area contributed by atoms with E-state index in [0.29, 0.717) is 43.4 Å². The SMILES string of the molecule is COc1cc(C(=O)N2CCN(C(=O)c3ccco3)CC2)ccn1. The zero-order valence-corrected chi connectivity index (χ0v) is 12.8. The Hall–Kier alpha value is -2.83. The molecule has 0 radical (unpaired) electrons. The summed E-state index contributed by atoms with van der Waals surface area (Å²) in [4.78, 5) is 32.1. The van der Waals surface area contributed by atoms with Gasteiger partial charge in [0.2, 0.25) is 5.88 Å². The molecule has 0 saturated carbocycles. The first-order chi connectivity index (χ1) is 11.2. The van der Waals surface area contributed by atoms with Gasteiger partial charge in [-0.3, -0.25) is 9.59 Å². The van der Waals surface area contributed by atoms with Crippen LogP contribution in [0.1, 0.15) is 20.9 Å². The Labute approximate surface area is 133 Å². The van der Waals surface area contributed by atoms with Crippen molar-refractivity contribution in [3.8, 4) is 5.88 Å². The first-order valence-electron chi connectivity index (χ1n) is 7.31. The van der Waals surface area contributed by atoms with Crippen molar-refractivity contribution < 1.29 is 18.7 Å². The van der Waals surface area contributed by atoms with Gasteiger partial charge in [0.15, 0.2) is 5.76 Å². The van der Waals surface area contributed by atoms with Gasteiger partial charge >= 0.3 is 0 Å². The molecule has 2 amide bonds. The van der Waals surface area contributed by atoms with Crippen molar-refractivity contribution >= 4 is 11.8 Å². The zero-order valence-electron chi connectivity index (χ0n) is 12.8. The summed E-state index contributed by atoms with van der Waals surface area (Å²) in [6.45, 7) is 1.92. The highest BCUT2D eigenvalue weighted by molar-refractivity contribution is 5.95. The Morgan fingerprint density at radius 1 is 1.13 bits per heavy atom. The van der Waals surface area contributed by atoms with Gasteiger partial charge in [0.05, 0.1) is 13.4 Å². The van der Waals surface area contributed by atoms with Crippen molar-refractivity contribution in [3.63, 3.8) is 0 Å². The molecule has 23 heavy (non-hydrogen) atoms. The number of hydrogen-bond acceptors (Lipinski definition) is 5. The maximum atomic E-state index is 12.5. The first-order valence-corrected chi connectivity index (χ1v) is 7.31. The molecule has 1 aliphatic heterocycles. The monoisotopic (exact) mass is 315 g/mol. The number of furan rings is 1. The van der Waals surface area contributed by atoms with Crippen LogP contribution in [-0.4, -0.2) is 59.9 Å². The second kappa shape index (κ2) is 6.51. The summed E-state index contributed by atoms with van der Waals surface area (Å²) in [5.74, 6) is 0.495. The Balaban J connectivity index is 1.62. The lowest BCUT2D eigenvalue weighted by Crippen LogP contribution is -2.50. The van der Waals surface area contributed by atoms with Crippen LogP contribution in [0, 0.1) is 0 Å². The summed E-state index contributed by atoms with van der Waals surface area (Å²) < 4.78 is 10.2. The van der Waals surface area contributed by atoms with E-state index >= 15 is 0 Å². The number of amides is 2. The molecule has 1 saturated heterocycles. The van der Waals surface area contributed by atoms with Crippen LogP contribution in [0.4, 0.5) is 0 Å². The molecule has 3 rings (SSSR count).